The maximum Gasteiger partial charge on any atom is 0.357 e. The number of aromatic nitrogens is 4. The number of aryl methyl sites for hydroxylation is 4. The average molecular weight is 463 g/mol. The molecule has 0 aliphatic rings. The Morgan fingerprint density at radius 2 is 1.76 bits per heavy atom. The molecule has 1 aromatic carbocycles. The summed E-state index contributed by atoms with van der Waals surface area (Å²) >= 11 is 0. The number of carbonyl (C=O) groups excluding carboxylic acids is 2. The van der Waals surface area contributed by atoms with Gasteiger partial charge in [-0.3, -0.25) is 9.36 Å². The second-order valence-electron chi connectivity index (χ2n) is 7.71. The number of ether oxygens (including phenoxy) is 2. The van der Waals surface area contributed by atoms with Crippen molar-refractivity contribution >= 4 is 11.9 Å². The molecule has 8 heteroatoms. The first-order valence-corrected chi connectivity index (χ1v) is 11.4. The summed E-state index contributed by atoms with van der Waals surface area (Å²) < 4.78 is 13.9. The molecule has 0 saturated heterocycles. The average Bonchev–Trinajstić information content (AvgIpc) is 3.37. The predicted octanol–water partition coefficient (Wildman–Crippen LogP) is 4.08. The molecule has 34 heavy (non-hydrogen) atoms. The number of hydrogen-bond donors (Lipinski definition) is 0. The molecule has 0 N–H and O–H groups in total. The van der Waals surface area contributed by atoms with E-state index in [1.54, 1.807) is 22.4 Å². The van der Waals surface area contributed by atoms with Gasteiger partial charge in [-0.2, -0.15) is 10.2 Å². The van der Waals surface area contributed by atoms with Crippen molar-refractivity contribution in [2.75, 3.05) is 6.61 Å². The van der Waals surface area contributed by atoms with Crippen LogP contribution in [0.2, 0.25) is 0 Å². The molecule has 8 nitrogen and oxygen atoms in total. The summed E-state index contributed by atoms with van der Waals surface area (Å²) in [7, 11) is 0. The molecule has 0 bridgehead atoms. The summed E-state index contributed by atoms with van der Waals surface area (Å²) in [5.74, 6) is 5.39. The van der Waals surface area contributed by atoms with Crippen LogP contribution >= 0.6 is 0 Å². The minimum absolute atomic E-state index is 0.211. The van der Waals surface area contributed by atoms with Gasteiger partial charge >= 0.3 is 11.9 Å². The van der Waals surface area contributed by atoms with Crippen LogP contribution in [0.25, 0.3) is 0 Å². The Kier molecular flexibility index (Phi) is 8.63. The normalized spacial score (nSPS) is 10.5. The summed E-state index contributed by atoms with van der Waals surface area (Å²) in [6, 6.07) is 11.3. The van der Waals surface area contributed by atoms with Gasteiger partial charge in [0, 0.05) is 19.5 Å². The van der Waals surface area contributed by atoms with E-state index in [2.05, 4.69) is 22.0 Å². The second kappa shape index (κ2) is 11.8. The summed E-state index contributed by atoms with van der Waals surface area (Å²) in [4.78, 5) is 25.0. The molecule has 3 aromatic rings. The fourth-order valence-corrected chi connectivity index (χ4v) is 3.51. The highest BCUT2D eigenvalue weighted by atomic mass is 16.5. The zero-order chi connectivity index (χ0) is 24.5. The lowest BCUT2D eigenvalue weighted by atomic mass is 10.1. The maximum absolute atomic E-state index is 12.6. The third kappa shape index (κ3) is 6.13. The van der Waals surface area contributed by atoms with Gasteiger partial charge in [0.25, 0.3) is 0 Å². The molecule has 0 aliphatic carbocycles. The molecular formula is C26H30N4O4. The van der Waals surface area contributed by atoms with Gasteiger partial charge in [-0.25, -0.2) is 9.59 Å². The quantitative estimate of drug-likeness (QED) is 0.270. The summed E-state index contributed by atoms with van der Waals surface area (Å²) in [6.45, 7) is 8.94. The Morgan fingerprint density at radius 1 is 1.00 bits per heavy atom. The number of nitrogens with zero attached hydrogens (tertiary/aromatic N) is 4. The van der Waals surface area contributed by atoms with E-state index in [-0.39, 0.29) is 6.61 Å². The first-order chi connectivity index (χ1) is 16.4. The summed E-state index contributed by atoms with van der Waals surface area (Å²) in [5.41, 5.74) is 3.78. The number of rotatable bonds is 9. The van der Waals surface area contributed by atoms with E-state index >= 15 is 0 Å². The molecule has 0 amide bonds. The molecule has 0 aliphatic heterocycles. The van der Waals surface area contributed by atoms with Crippen LogP contribution in [0.3, 0.4) is 0 Å². The molecule has 0 atom stereocenters. The molecule has 178 valence electrons. The van der Waals surface area contributed by atoms with Crippen molar-refractivity contribution in [1.29, 1.82) is 0 Å². The molecule has 0 spiro atoms. The zero-order valence-corrected chi connectivity index (χ0v) is 20.1. The van der Waals surface area contributed by atoms with Crippen molar-refractivity contribution in [3.63, 3.8) is 0 Å². The van der Waals surface area contributed by atoms with Gasteiger partial charge in [-0.15, -0.1) is 0 Å². The van der Waals surface area contributed by atoms with Gasteiger partial charge in [0.1, 0.15) is 12.3 Å². The third-order valence-corrected chi connectivity index (χ3v) is 5.10. The largest absolute Gasteiger partial charge is 0.461 e. The Balaban J connectivity index is 1.62. The number of benzene rings is 1. The van der Waals surface area contributed by atoms with Crippen molar-refractivity contribution in [3.8, 4) is 11.8 Å². The Labute approximate surface area is 199 Å². The van der Waals surface area contributed by atoms with Crippen molar-refractivity contribution in [3.05, 3.63) is 70.3 Å². The van der Waals surface area contributed by atoms with Crippen molar-refractivity contribution in [1.82, 2.24) is 19.6 Å². The van der Waals surface area contributed by atoms with Gasteiger partial charge in [-0.05, 0) is 45.7 Å². The fraction of sp³-hybridized carbons (Fsp3) is 0.385. The highest BCUT2D eigenvalue weighted by Gasteiger charge is 2.21. The molecule has 2 heterocycles. The number of carbonyl (C=O) groups is 2. The van der Waals surface area contributed by atoms with Crippen LogP contribution in [0.5, 0.6) is 0 Å². The zero-order valence-electron chi connectivity index (χ0n) is 20.1. The van der Waals surface area contributed by atoms with Crippen LogP contribution < -0.4 is 0 Å². The second-order valence-corrected chi connectivity index (χ2v) is 7.71. The van der Waals surface area contributed by atoms with Crippen molar-refractivity contribution in [2.45, 2.75) is 60.2 Å². The SMILES string of the molecule is CCOC(=O)c1c(C#CCCCn2nc(C)cc2C(=O)OCc2ccccc2)c(C)nn1CC. The van der Waals surface area contributed by atoms with Crippen LogP contribution in [-0.4, -0.2) is 38.1 Å². The van der Waals surface area contributed by atoms with Crippen LogP contribution in [0, 0.1) is 25.7 Å². The minimum Gasteiger partial charge on any atom is -0.461 e. The fourth-order valence-electron chi connectivity index (χ4n) is 3.51. The maximum atomic E-state index is 12.6. The lowest BCUT2D eigenvalue weighted by Crippen LogP contribution is -2.14. The summed E-state index contributed by atoms with van der Waals surface area (Å²) in [5, 5.41) is 8.82. The van der Waals surface area contributed by atoms with E-state index in [0.717, 1.165) is 11.3 Å². The van der Waals surface area contributed by atoms with E-state index in [9.17, 15) is 9.59 Å². The molecule has 2 aromatic heterocycles. The highest BCUT2D eigenvalue weighted by Crippen LogP contribution is 2.15. The van der Waals surface area contributed by atoms with Gasteiger partial charge in [-0.1, -0.05) is 42.2 Å². The van der Waals surface area contributed by atoms with E-state index in [1.165, 1.54) is 0 Å². The monoisotopic (exact) mass is 462 g/mol. The summed E-state index contributed by atoms with van der Waals surface area (Å²) in [6.07, 6.45) is 1.25. The Morgan fingerprint density at radius 3 is 2.47 bits per heavy atom. The lowest BCUT2D eigenvalue weighted by Gasteiger charge is -2.07. The molecule has 0 fully saturated rings. The van der Waals surface area contributed by atoms with Crippen LogP contribution in [0.15, 0.2) is 36.4 Å². The Hall–Kier alpha value is -3.86. The first-order valence-electron chi connectivity index (χ1n) is 11.4. The molecular weight excluding hydrogens is 432 g/mol. The standard InChI is InChI=1S/C26H30N4O4/c1-5-29-24(26(32)33-6-2)22(20(4)28-29)15-11-8-12-16-30-23(17-19(3)27-30)25(31)34-18-21-13-9-7-10-14-21/h7,9-10,13-14,17H,5-6,8,12,16,18H2,1-4H3. The van der Waals surface area contributed by atoms with Gasteiger partial charge < -0.3 is 9.47 Å². The van der Waals surface area contributed by atoms with Gasteiger partial charge in [0.15, 0.2) is 5.69 Å². The smallest absolute Gasteiger partial charge is 0.357 e. The van der Waals surface area contributed by atoms with Crippen LogP contribution in [0.4, 0.5) is 0 Å². The molecule has 0 radical (unpaired) electrons. The number of unbranched alkanes of at least 4 members (excludes halogenated alkanes) is 1. The van der Waals surface area contributed by atoms with E-state index in [1.807, 2.05) is 51.1 Å². The van der Waals surface area contributed by atoms with Crippen LogP contribution in [-0.2, 0) is 29.2 Å². The molecule has 0 saturated carbocycles. The third-order valence-electron chi connectivity index (χ3n) is 5.10. The molecule has 0 unspecified atom stereocenters. The predicted molar refractivity (Wildman–Crippen MR) is 127 cm³/mol. The lowest BCUT2D eigenvalue weighted by molar-refractivity contribution is 0.0456. The number of esters is 2. The van der Waals surface area contributed by atoms with E-state index in [0.29, 0.717) is 55.2 Å². The van der Waals surface area contributed by atoms with Crippen molar-refractivity contribution in [2.24, 2.45) is 0 Å². The first kappa shape index (κ1) is 24.8. The topological polar surface area (TPSA) is 88.2 Å². The van der Waals surface area contributed by atoms with E-state index < -0.39 is 11.9 Å². The van der Waals surface area contributed by atoms with Gasteiger partial charge in [0.2, 0.25) is 0 Å². The minimum atomic E-state index is -0.417. The van der Waals surface area contributed by atoms with Gasteiger partial charge in [0.05, 0.1) is 23.6 Å². The Bertz CT molecular complexity index is 1200. The van der Waals surface area contributed by atoms with E-state index in [4.69, 9.17) is 9.47 Å². The van der Waals surface area contributed by atoms with Crippen molar-refractivity contribution < 1.29 is 19.1 Å². The number of hydrogen-bond acceptors (Lipinski definition) is 6. The highest BCUT2D eigenvalue weighted by molar-refractivity contribution is 5.91. The molecule has 3 rings (SSSR count). The van der Waals surface area contributed by atoms with Crippen LogP contribution in [0.1, 0.15) is 70.2 Å².